The molecule has 0 saturated heterocycles. The van der Waals surface area contributed by atoms with Gasteiger partial charge < -0.3 is 5.32 Å². The first-order chi connectivity index (χ1) is 7.97. The van der Waals surface area contributed by atoms with Crippen molar-refractivity contribution in [2.45, 2.75) is 25.8 Å². The highest BCUT2D eigenvalue weighted by Crippen LogP contribution is 2.04. The molecule has 17 heavy (non-hydrogen) atoms. The maximum atomic E-state index is 10.7. The monoisotopic (exact) mass is 256 g/mol. The van der Waals surface area contributed by atoms with Crippen molar-refractivity contribution in [1.82, 2.24) is 5.32 Å². The van der Waals surface area contributed by atoms with Crippen molar-refractivity contribution < 1.29 is 8.42 Å². The van der Waals surface area contributed by atoms with Crippen molar-refractivity contribution in [3.63, 3.8) is 0 Å². The zero-order valence-electron chi connectivity index (χ0n) is 10.1. The van der Waals surface area contributed by atoms with Gasteiger partial charge in [0.05, 0.1) is 5.75 Å². The van der Waals surface area contributed by atoms with E-state index in [-0.39, 0.29) is 11.8 Å². The molecule has 3 N–H and O–H groups in total. The van der Waals surface area contributed by atoms with E-state index in [0.717, 1.165) is 12.8 Å². The van der Waals surface area contributed by atoms with Gasteiger partial charge >= 0.3 is 0 Å². The van der Waals surface area contributed by atoms with Crippen LogP contribution in [-0.2, 0) is 16.4 Å². The Morgan fingerprint density at radius 3 is 2.53 bits per heavy atom. The van der Waals surface area contributed by atoms with Gasteiger partial charge in [0.15, 0.2) is 0 Å². The third-order valence-corrected chi connectivity index (χ3v) is 3.36. The first-order valence-corrected chi connectivity index (χ1v) is 7.47. The number of nitrogens with two attached hydrogens (primary N) is 1. The molecular weight excluding hydrogens is 236 g/mol. The smallest absolute Gasteiger partial charge is 0.210 e. The minimum absolute atomic E-state index is 0.0112. The number of benzene rings is 1. The number of nitrogens with one attached hydrogen (secondary N) is 1. The molecule has 1 unspecified atom stereocenters. The number of hydrogen-bond donors (Lipinski definition) is 2. The molecule has 0 aliphatic heterocycles. The predicted molar refractivity (Wildman–Crippen MR) is 70.2 cm³/mol. The maximum absolute atomic E-state index is 10.7. The highest BCUT2D eigenvalue weighted by atomic mass is 32.2. The van der Waals surface area contributed by atoms with Gasteiger partial charge in [-0.05, 0) is 25.3 Å². The maximum Gasteiger partial charge on any atom is 0.210 e. The van der Waals surface area contributed by atoms with Gasteiger partial charge in [0.2, 0.25) is 10.0 Å². The van der Waals surface area contributed by atoms with Gasteiger partial charge in [0.1, 0.15) is 0 Å². The van der Waals surface area contributed by atoms with Gasteiger partial charge in [0, 0.05) is 12.6 Å². The zero-order chi connectivity index (χ0) is 12.7. The fourth-order valence-corrected chi connectivity index (χ4v) is 1.98. The van der Waals surface area contributed by atoms with Crippen LogP contribution in [0.1, 0.15) is 18.9 Å². The molecule has 0 aromatic heterocycles. The van der Waals surface area contributed by atoms with Crippen LogP contribution in [0.4, 0.5) is 0 Å². The number of hydrogen-bond acceptors (Lipinski definition) is 3. The Morgan fingerprint density at radius 1 is 1.29 bits per heavy atom. The van der Waals surface area contributed by atoms with Crippen molar-refractivity contribution in [2.24, 2.45) is 5.14 Å². The Labute approximate surface area is 103 Å². The summed E-state index contributed by atoms with van der Waals surface area (Å²) < 4.78 is 21.5. The van der Waals surface area contributed by atoms with Crippen LogP contribution in [0.3, 0.4) is 0 Å². The lowest BCUT2D eigenvalue weighted by Crippen LogP contribution is -2.33. The highest BCUT2D eigenvalue weighted by Gasteiger charge is 2.05. The normalized spacial score (nSPS) is 13.5. The van der Waals surface area contributed by atoms with Crippen molar-refractivity contribution in [3.8, 4) is 0 Å². The molecule has 0 spiro atoms. The standard InChI is InChI=1S/C12H20N2O2S/c1-11(14-9-10-17(13,15)16)7-8-12-5-3-2-4-6-12/h2-6,11,14H,7-10H2,1H3,(H2,13,15,16). The molecule has 1 rings (SSSR count). The topological polar surface area (TPSA) is 72.2 Å². The summed E-state index contributed by atoms with van der Waals surface area (Å²) in [5.41, 5.74) is 1.30. The molecule has 1 aromatic carbocycles. The van der Waals surface area contributed by atoms with Crippen LogP contribution < -0.4 is 10.5 Å². The summed E-state index contributed by atoms with van der Waals surface area (Å²) >= 11 is 0. The van der Waals surface area contributed by atoms with E-state index in [1.807, 2.05) is 25.1 Å². The summed E-state index contributed by atoms with van der Waals surface area (Å²) in [5, 5.41) is 8.07. The van der Waals surface area contributed by atoms with E-state index >= 15 is 0 Å². The Hall–Kier alpha value is -0.910. The summed E-state index contributed by atoms with van der Waals surface area (Å²) in [7, 11) is -3.35. The molecule has 0 fully saturated rings. The molecule has 0 bridgehead atoms. The molecule has 1 atom stereocenters. The summed E-state index contributed by atoms with van der Waals surface area (Å²) in [4.78, 5) is 0. The van der Waals surface area contributed by atoms with Gasteiger partial charge in [-0.2, -0.15) is 0 Å². The van der Waals surface area contributed by atoms with E-state index in [0.29, 0.717) is 6.54 Å². The zero-order valence-corrected chi connectivity index (χ0v) is 10.9. The molecule has 5 heteroatoms. The van der Waals surface area contributed by atoms with Crippen LogP contribution >= 0.6 is 0 Å². The second kappa shape index (κ2) is 6.74. The average molecular weight is 256 g/mol. The van der Waals surface area contributed by atoms with Crippen LogP contribution in [0.25, 0.3) is 0 Å². The summed E-state index contributed by atoms with van der Waals surface area (Å²) in [6, 6.07) is 10.5. The highest BCUT2D eigenvalue weighted by molar-refractivity contribution is 7.89. The van der Waals surface area contributed by atoms with Crippen LogP contribution in [0, 0.1) is 0 Å². The van der Waals surface area contributed by atoms with Gasteiger partial charge in [0.25, 0.3) is 0 Å². The van der Waals surface area contributed by atoms with Crippen molar-refractivity contribution >= 4 is 10.0 Å². The Morgan fingerprint density at radius 2 is 1.94 bits per heavy atom. The first-order valence-electron chi connectivity index (χ1n) is 5.75. The SMILES string of the molecule is CC(CCc1ccccc1)NCCS(N)(=O)=O. The van der Waals surface area contributed by atoms with Gasteiger partial charge in [-0.1, -0.05) is 30.3 Å². The van der Waals surface area contributed by atoms with Crippen LogP contribution in [0.15, 0.2) is 30.3 Å². The minimum Gasteiger partial charge on any atom is -0.313 e. The Kier molecular flexibility index (Phi) is 5.61. The number of rotatable bonds is 7. The molecule has 0 heterocycles. The summed E-state index contributed by atoms with van der Waals surface area (Å²) in [6.45, 7) is 2.46. The number of sulfonamides is 1. The van der Waals surface area contributed by atoms with Crippen LogP contribution in [-0.4, -0.2) is 26.8 Å². The molecule has 4 nitrogen and oxygen atoms in total. The van der Waals surface area contributed by atoms with E-state index in [9.17, 15) is 8.42 Å². The summed E-state index contributed by atoms with van der Waals surface area (Å²) in [5.74, 6) is -0.0112. The van der Waals surface area contributed by atoms with E-state index in [2.05, 4.69) is 17.4 Å². The Bertz CT molecular complexity index is 417. The van der Waals surface area contributed by atoms with E-state index in [4.69, 9.17) is 5.14 Å². The van der Waals surface area contributed by atoms with Gasteiger partial charge in [-0.3, -0.25) is 0 Å². The lowest BCUT2D eigenvalue weighted by molar-refractivity contribution is 0.526. The van der Waals surface area contributed by atoms with Gasteiger partial charge in [-0.15, -0.1) is 0 Å². The Balaban J connectivity index is 2.20. The van der Waals surface area contributed by atoms with Gasteiger partial charge in [-0.25, -0.2) is 13.6 Å². The molecule has 96 valence electrons. The van der Waals surface area contributed by atoms with Crippen LogP contribution in [0.5, 0.6) is 0 Å². The molecule has 0 amide bonds. The molecule has 0 radical (unpaired) electrons. The number of aryl methyl sites for hydroxylation is 1. The van der Waals surface area contributed by atoms with Crippen molar-refractivity contribution in [2.75, 3.05) is 12.3 Å². The lowest BCUT2D eigenvalue weighted by Gasteiger charge is -2.13. The third kappa shape index (κ3) is 7.10. The van der Waals surface area contributed by atoms with E-state index in [1.54, 1.807) is 0 Å². The average Bonchev–Trinajstić information content (AvgIpc) is 2.26. The fraction of sp³-hybridized carbons (Fsp3) is 0.500. The molecule has 0 aliphatic carbocycles. The fourth-order valence-electron chi connectivity index (χ4n) is 1.58. The summed E-state index contributed by atoms with van der Waals surface area (Å²) in [6.07, 6.45) is 1.97. The first kappa shape index (κ1) is 14.2. The van der Waals surface area contributed by atoms with E-state index < -0.39 is 10.0 Å². The minimum atomic E-state index is -3.35. The second-order valence-electron chi connectivity index (χ2n) is 4.25. The number of primary sulfonamides is 1. The predicted octanol–water partition coefficient (Wildman–Crippen LogP) is 0.886. The lowest BCUT2D eigenvalue weighted by atomic mass is 10.1. The molecule has 0 saturated carbocycles. The molecule has 1 aromatic rings. The molecular formula is C12H20N2O2S. The largest absolute Gasteiger partial charge is 0.313 e. The van der Waals surface area contributed by atoms with E-state index in [1.165, 1.54) is 5.56 Å². The quantitative estimate of drug-likeness (QED) is 0.761. The van der Waals surface area contributed by atoms with Crippen molar-refractivity contribution in [1.29, 1.82) is 0 Å². The second-order valence-corrected chi connectivity index (χ2v) is 5.98. The van der Waals surface area contributed by atoms with Crippen molar-refractivity contribution in [3.05, 3.63) is 35.9 Å². The molecule has 0 aliphatic rings. The third-order valence-electron chi connectivity index (χ3n) is 2.59. The van der Waals surface area contributed by atoms with Crippen LogP contribution in [0.2, 0.25) is 0 Å².